The third-order valence-corrected chi connectivity index (χ3v) is 5.92. The molecule has 0 atom stereocenters. The van der Waals surface area contributed by atoms with E-state index in [0.29, 0.717) is 11.2 Å². The average Bonchev–Trinajstić information content (AvgIpc) is 3.28. The van der Waals surface area contributed by atoms with Crippen LogP contribution in [0, 0.1) is 13.8 Å². The Labute approximate surface area is 161 Å². The topological polar surface area (TPSA) is 76.9 Å². The van der Waals surface area contributed by atoms with Gasteiger partial charge >= 0.3 is 0 Å². The van der Waals surface area contributed by atoms with Crippen LogP contribution in [0.1, 0.15) is 36.3 Å². The van der Waals surface area contributed by atoms with Gasteiger partial charge < -0.3 is 5.32 Å². The van der Waals surface area contributed by atoms with Gasteiger partial charge in [-0.2, -0.15) is 5.10 Å². The molecule has 0 radical (unpaired) electrons. The molecule has 1 amide bonds. The molecule has 140 valence electrons. The fourth-order valence-corrected chi connectivity index (χ4v) is 4.47. The second-order valence-corrected chi connectivity index (χ2v) is 8.34. The van der Waals surface area contributed by atoms with Crippen LogP contribution in [0.25, 0.3) is 21.5 Å². The van der Waals surface area contributed by atoms with Crippen molar-refractivity contribution in [2.45, 2.75) is 52.1 Å². The van der Waals surface area contributed by atoms with E-state index >= 15 is 0 Å². The molecule has 6 nitrogen and oxygen atoms in total. The van der Waals surface area contributed by atoms with Crippen LogP contribution < -0.4 is 10.9 Å². The molecule has 1 N–H and O–H groups in total. The number of benzene rings is 1. The number of aryl methyl sites for hydroxylation is 2. The van der Waals surface area contributed by atoms with Gasteiger partial charge in [-0.15, -0.1) is 11.3 Å². The quantitative estimate of drug-likeness (QED) is 0.752. The molecular weight excluding hydrogens is 360 g/mol. The highest BCUT2D eigenvalue weighted by molar-refractivity contribution is 7.19. The van der Waals surface area contributed by atoms with Gasteiger partial charge in [0.05, 0.1) is 9.71 Å². The second-order valence-electron chi connectivity index (χ2n) is 7.14. The molecule has 1 aromatic carbocycles. The lowest BCUT2D eigenvalue weighted by Crippen LogP contribution is -2.38. The van der Waals surface area contributed by atoms with Crippen molar-refractivity contribution in [3.63, 3.8) is 0 Å². The van der Waals surface area contributed by atoms with Crippen molar-refractivity contribution in [1.82, 2.24) is 20.1 Å². The molecule has 1 aliphatic rings. The van der Waals surface area contributed by atoms with Crippen LogP contribution in [0.3, 0.4) is 0 Å². The average molecular weight is 382 g/mol. The number of nitrogens with zero attached hydrogens (tertiary/aromatic N) is 3. The summed E-state index contributed by atoms with van der Waals surface area (Å²) in [5.74, 6) is -0.169. The van der Waals surface area contributed by atoms with Crippen LogP contribution in [-0.2, 0) is 11.3 Å². The molecule has 7 heteroatoms. The molecule has 3 aromatic rings. The van der Waals surface area contributed by atoms with E-state index in [1.54, 1.807) is 0 Å². The summed E-state index contributed by atoms with van der Waals surface area (Å²) in [4.78, 5) is 29.6. The predicted molar refractivity (Wildman–Crippen MR) is 107 cm³/mol. The number of hydrogen-bond acceptors (Lipinski definition) is 5. The van der Waals surface area contributed by atoms with Crippen LogP contribution >= 0.6 is 11.3 Å². The molecule has 0 bridgehead atoms. The normalized spacial score (nSPS) is 14.7. The number of aromatic nitrogens is 3. The third kappa shape index (κ3) is 3.64. The Morgan fingerprint density at radius 3 is 2.63 bits per heavy atom. The zero-order valence-electron chi connectivity index (χ0n) is 15.5. The van der Waals surface area contributed by atoms with E-state index in [9.17, 15) is 9.59 Å². The maximum atomic E-state index is 12.8. The van der Waals surface area contributed by atoms with Crippen molar-refractivity contribution in [3.05, 3.63) is 45.2 Å². The highest BCUT2D eigenvalue weighted by Crippen LogP contribution is 2.29. The molecule has 27 heavy (non-hydrogen) atoms. The Morgan fingerprint density at radius 2 is 1.93 bits per heavy atom. The largest absolute Gasteiger partial charge is 0.352 e. The third-order valence-electron chi connectivity index (χ3n) is 4.95. The molecular formula is C20H22N4O2S. The van der Waals surface area contributed by atoms with Gasteiger partial charge in [-0.1, -0.05) is 42.7 Å². The number of rotatable bonds is 4. The number of hydrogen-bond donors (Lipinski definition) is 1. The smallest absolute Gasteiger partial charge is 0.294 e. The zero-order valence-corrected chi connectivity index (χ0v) is 16.3. The van der Waals surface area contributed by atoms with Crippen LogP contribution in [0.5, 0.6) is 0 Å². The summed E-state index contributed by atoms with van der Waals surface area (Å²) in [6.45, 7) is 3.82. The molecule has 1 fully saturated rings. The van der Waals surface area contributed by atoms with Crippen LogP contribution in [-0.4, -0.2) is 26.7 Å². The van der Waals surface area contributed by atoms with Gasteiger partial charge in [0.25, 0.3) is 5.56 Å². The summed E-state index contributed by atoms with van der Waals surface area (Å²) in [6.07, 6.45) is 4.30. The summed E-state index contributed by atoms with van der Waals surface area (Å²) >= 11 is 1.46. The number of carbonyl (C=O) groups excluding carboxylic acids is 1. The summed E-state index contributed by atoms with van der Waals surface area (Å²) in [6, 6.07) is 8.21. The first-order valence-corrected chi connectivity index (χ1v) is 10.1. The van der Waals surface area contributed by atoms with E-state index in [1.807, 2.05) is 38.1 Å². The van der Waals surface area contributed by atoms with E-state index in [0.717, 1.165) is 46.5 Å². The minimum atomic E-state index is -0.313. The minimum Gasteiger partial charge on any atom is -0.352 e. The molecule has 1 aliphatic carbocycles. The van der Waals surface area contributed by atoms with Gasteiger partial charge in [0, 0.05) is 11.6 Å². The number of carbonyl (C=O) groups is 1. The monoisotopic (exact) mass is 382 g/mol. The van der Waals surface area contributed by atoms with Crippen molar-refractivity contribution in [2.24, 2.45) is 0 Å². The second kappa shape index (κ2) is 7.23. The maximum Gasteiger partial charge on any atom is 0.294 e. The van der Waals surface area contributed by atoms with E-state index in [4.69, 9.17) is 0 Å². The first-order valence-electron chi connectivity index (χ1n) is 9.26. The van der Waals surface area contributed by atoms with Gasteiger partial charge in [-0.3, -0.25) is 9.59 Å². The SMILES string of the molecule is Cc1ccc(-c2nn(CC(=O)NC3CCCC3)c(=O)c3nc(C)sc23)cc1. The Kier molecular flexibility index (Phi) is 4.78. The van der Waals surface area contributed by atoms with Gasteiger partial charge in [-0.05, 0) is 26.7 Å². The number of amides is 1. The van der Waals surface area contributed by atoms with Gasteiger partial charge in [0.1, 0.15) is 12.2 Å². The maximum absolute atomic E-state index is 12.8. The van der Waals surface area contributed by atoms with Crippen LogP contribution in [0.2, 0.25) is 0 Å². The standard InChI is InChI=1S/C20H22N4O2S/c1-12-7-9-14(10-8-12)17-19-18(21-13(2)27-19)20(26)24(23-17)11-16(25)22-15-5-3-4-6-15/h7-10,15H,3-6,11H2,1-2H3,(H,22,25). The van der Waals surface area contributed by atoms with E-state index in [1.165, 1.54) is 16.0 Å². The molecule has 2 heterocycles. The van der Waals surface area contributed by atoms with Gasteiger partial charge in [0.2, 0.25) is 5.91 Å². The van der Waals surface area contributed by atoms with Gasteiger partial charge in [-0.25, -0.2) is 9.67 Å². The van der Waals surface area contributed by atoms with Gasteiger partial charge in [0.15, 0.2) is 5.52 Å². The molecule has 1 saturated carbocycles. The number of nitrogens with one attached hydrogen (secondary N) is 1. The molecule has 0 unspecified atom stereocenters. The first kappa shape index (κ1) is 17.9. The lowest BCUT2D eigenvalue weighted by molar-refractivity contribution is -0.122. The van der Waals surface area contributed by atoms with Crippen molar-refractivity contribution < 1.29 is 4.79 Å². The zero-order chi connectivity index (χ0) is 19.0. The Bertz CT molecular complexity index is 1050. The summed E-state index contributed by atoms with van der Waals surface area (Å²) < 4.78 is 2.02. The van der Waals surface area contributed by atoms with Crippen molar-refractivity contribution in [2.75, 3.05) is 0 Å². The van der Waals surface area contributed by atoms with Crippen molar-refractivity contribution in [1.29, 1.82) is 0 Å². The molecule has 0 spiro atoms. The van der Waals surface area contributed by atoms with E-state index < -0.39 is 0 Å². The Hall–Kier alpha value is -2.54. The fraction of sp³-hybridized carbons (Fsp3) is 0.400. The highest BCUT2D eigenvalue weighted by atomic mass is 32.1. The molecule has 4 rings (SSSR count). The molecule has 0 aliphatic heterocycles. The summed E-state index contributed by atoms with van der Waals surface area (Å²) in [5.41, 5.74) is 2.84. The van der Waals surface area contributed by atoms with E-state index in [-0.39, 0.29) is 24.1 Å². The Morgan fingerprint density at radius 1 is 1.22 bits per heavy atom. The first-order chi connectivity index (χ1) is 13.0. The molecule has 2 aromatic heterocycles. The van der Waals surface area contributed by atoms with Crippen LogP contribution in [0.15, 0.2) is 29.1 Å². The Balaban J connectivity index is 1.74. The predicted octanol–water partition coefficient (Wildman–Crippen LogP) is 3.20. The lowest BCUT2D eigenvalue weighted by atomic mass is 10.1. The minimum absolute atomic E-state index is 0.0826. The van der Waals surface area contributed by atoms with E-state index in [2.05, 4.69) is 15.4 Å². The number of fused-ring (bicyclic) bond motifs is 1. The lowest BCUT2D eigenvalue weighted by Gasteiger charge is -2.13. The highest BCUT2D eigenvalue weighted by Gasteiger charge is 2.20. The summed E-state index contributed by atoms with van der Waals surface area (Å²) in [5, 5.41) is 8.37. The molecule has 0 saturated heterocycles. The number of thiazole rings is 1. The van der Waals surface area contributed by atoms with Crippen molar-refractivity contribution in [3.8, 4) is 11.3 Å². The van der Waals surface area contributed by atoms with Crippen LogP contribution in [0.4, 0.5) is 0 Å². The fourth-order valence-electron chi connectivity index (χ4n) is 3.55. The van der Waals surface area contributed by atoms with Crippen molar-refractivity contribution >= 4 is 27.5 Å². The summed E-state index contributed by atoms with van der Waals surface area (Å²) in [7, 11) is 0.